The van der Waals surface area contributed by atoms with Crippen molar-refractivity contribution in [3.8, 4) is 0 Å². The van der Waals surface area contributed by atoms with Gasteiger partial charge in [0.05, 0.1) is 16.6 Å². The zero-order chi connectivity index (χ0) is 15.6. The van der Waals surface area contributed by atoms with E-state index in [1.54, 1.807) is 12.1 Å². The second kappa shape index (κ2) is 5.95. The number of carboxylic acid groups (broad SMARTS) is 1. The van der Waals surface area contributed by atoms with Crippen LogP contribution in [0.4, 0.5) is 0 Å². The van der Waals surface area contributed by atoms with Crippen molar-refractivity contribution < 1.29 is 14.7 Å². The molecule has 1 heterocycles. The summed E-state index contributed by atoms with van der Waals surface area (Å²) in [6, 6.07) is 4.93. The molecule has 0 bridgehead atoms. The smallest absolute Gasteiger partial charge is 0.335 e. The van der Waals surface area contributed by atoms with Crippen molar-refractivity contribution in [3.63, 3.8) is 0 Å². The van der Waals surface area contributed by atoms with Gasteiger partial charge in [0.25, 0.3) is 0 Å². The molecule has 0 saturated carbocycles. The van der Waals surface area contributed by atoms with Gasteiger partial charge in [0.2, 0.25) is 5.91 Å². The number of hydrogen-bond acceptors (Lipinski definition) is 3. The van der Waals surface area contributed by atoms with Crippen LogP contribution in [0, 0.1) is 6.92 Å². The maximum Gasteiger partial charge on any atom is 0.335 e. The van der Waals surface area contributed by atoms with Crippen LogP contribution in [0.5, 0.6) is 0 Å². The predicted octanol–water partition coefficient (Wildman–Crippen LogP) is 1.96. The lowest BCUT2D eigenvalue weighted by molar-refractivity contribution is -0.121. The van der Waals surface area contributed by atoms with Gasteiger partial charge < -0.3 is 15.0 Å². The molecular weight excluding hydrogens is 270 g/mol. The first kappa shape index (κ1) is 15.0. The Balaban J connectivity index is 2.26. The fourth-order valence-electron chi connectivity index (χ4n) is 2.27. The summed E-state index contributed by atoms with van der Waals surface area (Å²) in [4.78, 5) is 27.2. The Kier molecular flexibility index (Phi) is 4.26. The Morgan fingerprint density at radius 3 is 2.71 bits per heavy atom. The molecule has 112 valence electrons. The molecule has 2 rings (SSSR count). The predicted molar refractivity (Wildman–Crippen MR) is 79.3 cm³/mol. The Morgan fingerprint density at radius 2 is 2.10 bits per heavy atom. The molecule has 0 aliphatic heterocycles. The summed E-state index contributed by atoms with van der Waals surface area (Å²) in [5.41, 5.74) is 1.70. The average Bonchev–Trinajstić information content (AvgIpc) is 2.70. The fraction of sp³-hybridized carbons (Fsp3) is 0.400. The van der Waals surface area contributed by atoms with Crippen LogP contribution in [0.25, 0.3) is 11.0 Å². The van der Waals surface area contributed by atoms with Gasteiger partial charge in [-0.25, -0.2) is 9.78 Å². The zero-order valence-corrected chi connectivity index (χ0v) is 12.4. The standard InChI is InChI=1S/C15H19N3O3/c1-9(2)16-14(19)6-7-18-10(3)17-12-5-4-11(15(20)21)8-13(12)18/h4-5,8-9H,6-7H2,1-3H3,(H,16,19)(H,20,21). The van der Waals surface area contributed by atoms with Crippen molar-refractivity contribution in [3.05, 3.63) is 29.6 Å². The van der Waals surface area contributed by atoms with E-state index in [0.29, 0.717) is 13.0 Å². The second-order valence-corrected chi connectivity index (χ2v) is 5.29. The first-order valence-corrected chi connectivity index (χ1v) is 6.88. The number of hydrogen-bond donors (Lipinski definition) is 2. The third kappa shape index (κ3) is 3.39. The van der Waals surface area contributed by atoms with Gasteiger partial charge >= 0.3 is 5.97 Å². The minimum absolute atomic E-state index is 0.0272. The summed E-state index contributed by atoms with van der Waals surface area (Å²) in [6.07, 6.45) is 0.335. The molecule has 6 nitrogen and oxygen atoms in total. The molecule has 1 aromatic carbocycles. The Labute approximate surface area is 122 Å². The van der Waals surface area contributed by atoms with Crippen molar-refractivity contribution in [1.29, 1.82) is 0 Å². The minimum atomic E-state index is -0.972. The Hall–Kier alpha value is -2.37. The molecule has 0 saturated heterocycles. The lowest BCUT2D eigenvalue weighted by Crippen LogP contribution is -2.30. The van der Waals surface area contributed by atoms with Gasteiger partial charge in [-0.2, -0.15) is 0 Å². The van der Waals surface area contributed by atoms with E-state index in [2.05, 4.69) is 10.3 Å². The largest absolute Gasteiger partial charge is 0.478 e. The number of nitrogens with zero attached hydrogens (tertiary/aromatic N) is 2. The van der Waals surface area contributed by atoms with Crippen LogP contribution in [0.3, 0.4) is 0 Å². The zero-order valence-electron chi connectivity index (χ0n) is 12.4. The van der Waals surface area contributed by atoms with E-state index in [4.69, 9.17) is 5.11 Å². The van der Waals surface area contributed by atoms with Crippen molar-refractivity contribution in [2.75, 3.05) is 0 Å². The van der Waals surface area contributed by atoms with Gasteiger partial charge in [0.1, 0.15) is 5.82 Å². The summed E-state index contributed by atoms with van der Waals surface area (Å²) in [7, 11) is 0. The molecule has 1 amide bonds. The first-order chi connectivity index (χ1) is 9.88. The normalized spacial score (nSPS) is 11.0. The van der Waals surface area contributed by atoms with Crippen LogP contribution in [0.15, 0.2) is 18.2 Å². The number of nitrogens with one attached hydrogen (secondary N) is 1. The third-order valence-electron chi connectivity index (χ3n) is 3.20. The summed E-state index contributed by atoms with van der Waals surface area (Å²) < 4.78 is 1.88. The van der Waals surface area contributed by atoms with Crippen LogP contribution in [-0.4, -0.2) is 32.6 Å². The second-order valence-electron chi connectivity index (χ2n) is 5.29. The molecule has 2 N–H and O–H groups in total. The average molecular weight is 289 g/mol. The van der Waals surface area contributed by atoms with E-state index in [9.17, 15) is 9.59 Å². The van der Waals surface area contributed by atoms with E-state index in [-0.39, 0.29) is 17.5 Å². The number of aryl methyl sites for hydroxylation is 2. The summed E-state index contributed by atoms with van der Waals surface area (Å²) in [5, 5.41) is 11.9. The van der Waals surface area contributed by atoms with Crippen LogP contribution in [0.2, 0.25) is 0 Å². The molecule has 1 aromatic heterocycles. The van der Waals surface area contributed by atoms with Gasteiger partial charge in [-0.3, -0.25) is 4.79 Å². The molecule has 0 aliphatic carbocycles. The molecule has 6 heteroatoms. The molecular formula is C15H19N3O3. The van der Waals surface area contributed by atoms with E-state index in [1.807, 2.05) is 25.3 Å². The number of carbonyl (C=O) groups is 2. The number of imidazole rings is 1. The Bertz CT molecular complexity index is 689. The molecule has 0 atom stereocenters. The molecule has 0 unspecified atom stereocenters. The maximum atomic E-state index is 11.7. The van der Waals surface area contributed by atoms with Crippen molar-refractivity contribution >= 4 is 22.9 Å². The van der Waals surface area contributed by atoms with Gasteiger partial charge in [0, 0.05) is 19.0 Å². The first-order valence-electron chi connectivity index (χ1n) is 6.88. The molecule has 0 fully saturated rings. The minimum Gasteiger partial charge on any atom is -0.478 e. The number of fused-ring (bicyclic) bond motifs is 1. The summed E-state index contributed by atoms with van der Waals surface area (Å²) in [6.45, 7) is 6.15. The van der Waals surface area contributed by atoms with Crippen LogP contribution in [0.1, 0.15) is 36.5 Å². The number of carboxylic acids is 1. The fourth-order valence-corrected chi connectivity index (χ4v) is 2.27. The number of amides is 1. The number of benzene rings is 1. The van der Waals surface area contributed by atoms with Gasteiger partial charge in [-0.05, 0) is 39.0 Å². The number of aromatic nitrogens is 2. The SMILES string of the molecule is Cc1nc2ccc(C(=O)O)cc2n1CCC(=O)NC(C)C. The Morgan fingerprint density at radius 1 is 1.38 bits per heavy atom. The monoisotopic (exact) mass is 289 g/mol. The number of rotatable bonds is 5. The van der Waals surface area contributed by atoms with Gasteiger partial charge in [-0.1, -0.05) is 0 Å². The van der Waals surface area contributed by atoms with E-state index in [1.165, 1.54) is 6.07 Å². The van der Waals surface area contributed by atoms with Crippen LogP contribution < -0.4 is 5.32 Å². The molecule has 21 heavy (non-hydrogen) atoms. The van der Waals surface area contributed by atoms with Crippen molar-refractivity contribution in [2.24, 2.45) is 0 Å². The third-order valence-corrected chi connectivity index (χ3v) is 3.20. The topological polar surface area (TPSA) is 84.2 Å². The highest BCUT2D eigenvalue weighted by molar-refractivity contribution is 5.92. The highest BCUT2D eigenvalue weighted by atomic mass is 16.4. The lowest BCUT2D eigenvalue weighted by atomic mass is 10.2. The van der Waals surface area contributed by atoms with E-state index in [0.717, 1.165) is 16.9 Å². The van der Waals surface area contributed by atoms with Crippen molar-refractivity contribution in [2.45, 2.75) is 39.8 Å². The number of aromatic carboxylic acids is 1. The van der Waals surface area contributed by atoms with Crippen molar-refractivity contribution in [1.82, 2.24) is 14.9 Å². The molecule has 0 aliphatic rings. The summed E-state index contributed by atoms with van der Waals surface area (Å²) in [5.74, 6) is -0.231. The van der Waals surface area contributed by atoms with Crippen LogP contribution in [-0.2, 0) is 11.3 Å². The molecule has 2 aromatic rings. The van der Waals surface area contributed by atoms with Crippen LogP contribution >= 0.6 is 0 Å². The highest BCUT2D eigenvalue weighted by Crippen LogP contribution is 2.18. The van der Waals surface area contributed by atoms with E-state index >= 15 is 0 Å². The van der Waals surface area contributed by atoms with E-state index < -0.39 is 5.97 Å². The lowest BCUT2D eigenvalue weighted by Gasteiger charge is -2.10. The molecule has 0 spiro atoms. The maximum absolute atomic E-state index is 11.7. The van der Waals surface area contributed by atoms with Gasteiger partial charge in [0.15, 0.2) is 0 Å². The number of carbonyl (C=O) groups excluding carboxylic acids is 1. The quantitative estimate of drug-likeness (QED) is 0.881. The molecule has 0 radical (unpaired) electrons. The van der Waals surface area contributed by atoms with Gasteiger partial charge in [-0.15, -0.1) is 0 Å². The highest BCUT2D eigenvalue weighted by Gasteiger charge is 2.12. The summed E-state index contributed by atoms with van der Waals surface area (Å²) >= 11 is 0.